The number of piperazine rings is 1. The van der Waals surface area contributed by atoms with Crippen LogP contribution in [0.2, 0.25) is 5.02 Å². The largest absolute Gasteiger partial charge is 0.495 e. The van der Waals surface area contributed by atoms with E-state index in [1.807, 2.05) is 4.90 Å². The van der Waals surface area contributed by atoms with Gasteiger partial charge in [0.1, 0.15) is 11.6 Å². The molecule has 4 rings (SSSR count). The van der Waals surface area contributed by atoms with Crippen molar-refractivity contribution < 1.29 is 18.7 Å². The van der Waals surface area contributed by atoms with Crippen LogP contribution in [0, 0.1) is 5.82 Å². The van der Waals surface area contributed by atoms with Crippen LogP contribution < -0.4 is 14.5 Å². The molecule has 2 aromatic rings. The molecule has 0 aromatic heterocycles. The minimum atomic E-state index is -0.499. The Morgan fingerprint density at radius 3 is 2.38 bits per heavy atom. The Hall–Kier alpha value is -2.64. The quantitative estimate of drug-likeness (QED) is 0.716. The Morgan fingerprint density at radius 1 is 1.03 bits per heavy atom. The zero-order chi connectivity index (χ0) is 20.5. The van der Waals surface area contributed by atoms with E-state index < -0.39 is 6.04 Å². The molecule has 8 heteroatoms. The van der Waals surface area contributed by atoms with Crippen LogP contribution in [0.4, 0.5) is 15.8 Å². The Kier molecular flexibility index (Phi) is 5.43. The van der Waals surface area contributed by atoms with E-state index in [4.69, 9.17) is 16.3 Å². The number of nitrogens with zero attached hydrogens (tertiary/aromatic N) is 3. The van der Waals surface area contributed by atoms with Crippen molar-refractivity contribution in [1.82, 2.24) is 4.90 Å². The fraction of sp³-hybridized carbons (Fsp3) is 0.333. The second-order valence-corrected chi connectivity index (χ2v) is 7.54. The number of anilines is 2. The number of rotatable bonds is 4. The average Bonchev–Trinajstić information content (AvgIpc) is 3.02. The van der Waals surface area contributed by atoms with E-state index in [9.17, 15) is 14.0 Å². The summed E-state index contributed by atoms with van der Waals surface area (Å²) in [5.41, 5.74) is 1.33. The molecule has 6 nitrogen and oxygen atoms in total. The first kappa shape index (κ1) is 19.7. The third kappa shape index (κ3) is 3.80. The van der Waals surface area contributed by atoms with E-state index in [0.29, 0.717) is 42.6 Å². The van der Waals surface area contributed by atoms with E-state index >= 15 is 0 Å². The lowest BCUT2D eigenvalue weighted by Crippen LogP contribution is -2.52. The molecule has 2 saturated heterocycles. The zero-order valence-corrected chi connectivity index (χ0v) is 16.7. The lowest BCUT2D eigenvalue weighted by Gasteiger charge is -2.38. The van der Waals surface area contributed by atoms with E-state index in [0.717, 1.165) is 5.69 Å². The molecule has 2 aliphatic heterocycles. The third-order valence-corrected chi connectivity index (χ3v) is 5.69. The Balaban J connectivity index is 1.47. The van der Waals surface area contributed by atoms with Crippen molar-refractivity contribution in [3.8, 4) is 5.75 Å². The molecule has 0 saturated carbocycles. The number of halogens is 2. The third-order valence-electron chi connectivity index (χ3n) is 5.45. The van der Waals surface area contributed by atoms with Gasteiger partial charge >= 0.3 is 0 Å². The minimum absolute atomic E-state index is 0.130. The smallest absolute Gasteiger partial charge is 0.251 e. The first-order valence-corrected chi connectivity index (χ1v) is 9.80. The van der Waals surface area contributed by atoms with E-state index in [1.165, 1.54) is 24.1 Å². The van der Waals surface area contributed by atoms with Crippen LogP contribution in [0.3, 0.4) is 0 Å². The number of carbonyl (C=O) groups is 2. The second-order valence-electron chi connectivity index (χ2n) is 7.10. The molecule has 2 aromatic carbocycles. The van der Waals surface area contributed by atoms with Crippen molar-refractivity contribution in [3.05, 3.63) is 53.3 Å². The van der Waals surface area contributed by atoms with Gasteiger partial charge in [-0.3, -0.25) is 14.5 Å². The van der Waals surface area contributed by atoms with Crippen LogP contribution in [0.25, 0.3) is 0 Å². The van der Waals surface area contributed by atoms with Crippen LogP contribution in [0.1, 0.15) is 6.42 Å². The van der Waals surface area contributed by atoms with Crippen molar-refractivity contribution in [1.29, 1.82) is 0 Å². The van der Waals surface area contributed by atoms with Crippen LogP contribution in [-0.4, -0.2) is 56.0 Å². The maximum Gasteiger partial charge on any atom is 0.251 e. The van der Waals surface area contributed by atoms with Crippen LogP contribution in [0.5, 0.6) is 5.75 Å². The van der Waals surface area contributed by atoms with Crippen molar-refractivity contribution in [3.63, 3.8) is 0 Å². The Labute approximate surface area is 173 Å². The van der Waals surface area contributed by atoms with Crippen LogP contribution in [0.15, 0.2) is 42.5 Å². The summed E-state index contributed by atoms with van der Waals surface area (Å²) in [5, 5.41) is 0.428. The first-order valence-electron chi connectivity index (χ1n) is 9.43. The molecule has 152 valence electrons. The highest BCUT2D eigenvalue weighted by atomic mass is 35.5. The highest BCUT2D eigenvalue weighted by Crippen LogP contribution is 2.35. The fourth-order valence-electron chi connectivity index (χ4n) is 3.94. The highest BCUT2D eigenvalue weighted by Gasteiger charge is 2.44. The number of benzene rings is 2. The molecule has 0 N–H and O–H groups in total. The summed E-state index contributed by atoms with van der Waals surface area (Å²) in [6.07, 6.45) is 0.130. The highest BCUT2D eigenvalue weighted by molar-refractivity contribution is 6.31. The summed E-state index contributed by atoms with van der Waals surface area (Å²) in [5.74, 6) is -0.357. The Morgan fingerprint density at radius 2 is 1.72 bits per heavy atom. The van der Waals surface area contributed by atoms with Gasteiger partial charge in [0.15, 0.2) is 0 Å². The van der Waals surface area contributed by atoms with Crippen molar-refractivity contribution in [2.24, 2.45) is 0 Å². The van der Waals surface area contributed by atoms with Gasteiger partial charge in [-0.05, 0) is 42.5 Å². The van der Waals surface area contributed by atoms with E-state index in [2.05, 4.69) is 4.90 Å². The van der Waals surface area contributed by atoms with E-state index in [-0.39, 0.29) is 24.1 Å². The molecule has 0 unspecified atom stereocenters. The summed E-state index contributed by atoms with van der Waals surface area (Å²) >= 11 is 6.07. The molecule has 2 amide bonds. The molecular weight excluding hydrogens is 397 g/mol. The van der Waals surface area contributed by atoms with Crippen LogP contribution in [-0.2, 0) is 9.59 Å². The van der Waals surface area contributed by atoms with Gasteiger partial charge in [0, 0.05) is 36.9 Å². The number of carbonyl (C=O) groups excluding carboxylic acids is 2. The number of amides is 2. The van der Waals surface area contributed by atoms with Gasteiger partial charge in [0.05, 0.1) is 25.3 Å². The summed E-state index contributed by atoms with van der Waals surface area (Å²) in [6, 6.07) is 10.8. The number of methoxy groups -OCH3 is 1. The zero-order valence-electron chi connectivity index (χ0n) is 16.0. The monoisotopic (exact) mass is 417 g/mol. The van der Waals surface area contributed by atoms with Gasteiger partial charge in [0.25, 0.3) is 5.91 Å². The maximum atomic E-state index is 13.1. The second kappa shape index (κ2) is 8.00. The minimum Gasteiger partial charge on any atom is -0.495 e. The van der Waals surface area contributed by atoms with E-state index in [1.54, 1.807) is 30.3 Å². The predicted octanol–water partition coefficient (Wildman–Crippen LogP) is 2.94. The van der Waals surface area contributed by atoms with Gasteiger partial charge in [-0.15, -0.1) is 0 Å². The summed E-state index contributed by atoms with van der Waals surface area (Å²) in [7, 11) is 1.49. The van der Waals surface area contributed by atoms with Gasteiger partial charge in [-0.25, -0.2) is 9.29 Å². The van der Waals surface area contributed by atoms with Gasteiger partial charge in [-0.1, -0.05) is 11.6 Å². The molecule has 1 atom stereocenters. The standard InChI is InChI=1S/C21H21ClFN3O3/c1-29-19-7-2-14(22)12-17(19)26-20(27)13-18(21(26)28)25-10-8-24(9-11-25)16-5-3-15(23)4-6-16/h2-7,12,18H,8-11,13H2,1H3/t18-/m1/s1. The maximum absolute atomic E-state index is 13.1. The SMILES string of the molecule is COc1ccc(Cl)cc1N1C(=O)C[C@@H](N2CCN(c3ccc(F)cc3)CC2)C1=O. The molecule has 0 bridgehead atoms. The van der Waals surface area contributed by atoms with Crippen molar-refractivity contribution in [2.45, 2.75) is 12.5 Å². The summed E-state index contributed by atoms with van der Waals surface area (Å²) in [6.45, 7) is 2.68. The molecule has 2 aliphatic rings. The molecule has 0 radical (unpaired) electrons. The topological polar surface area (TPSA) is 53.1 Å². The van der Waals surface area contributed by atoms with Crippen LogP contribution >= 0.6 is 11.6 Å². The summed E-state index contributed by atoms with van der Waals surface area (Å²) in [4.78, 5) is 31.1. The van der Waals surface area contributed by atoms with Crippen molar-refractivity contribution in [2.75, 3.05) is 43.1 Å². The number of hydrogen-bond donors (Lipinski definition) is 0. The summed E-state index contributed by atoms with van der Waals surface area (Å²) < 4.78 is 18.4. The molecule has 0 spiro atoms. The normalized spacial score (nSPS) is 20.4. The van der Waals surface area contributed by atoms with Gasteiger partial charge < -0.3 is 9.64 Å². The molecule has 2 fully saturated rings. The average molecular weight is 418 g/mol. The lowest BCUT2D eigenvalue weighted by atomic mass is 10.1. The molecule has 29 heavy (non-hydrogen) atoms. The number of imide groups is 1. The lowest BCUT2D eigenvalue weighted by molar-refractivity contribution is -0.123. The number of ether oxygens (including phenoxy) is 1. The van der Waals surface area contributed by atoms with Gasteiger partial charge in [0.2, 0.25) is 5.91 Å². The first-order chi connectivity index (χ1) is 14.0. The fourth-order valence-corrected chi connectivity index (χ4v) is 4.10. The molecule has 0 aliphatic carbocycles. The molecule has 2 heterocycles. The Bertz CT molecular complexity index is 929. The number of hydrogen-bond acceptors (Lipinski definition) is 5. The van der Waals surface area contributed by atoms with Crippen molar-refractivity contribution >= 4 is 34.8 Å². The molecular formula is C21H21ClFN3O3. The van der Waals surface area contributed by atoms with Gasteiger partial charge in [-0.2, -0.15) is 0 Å². The predicted molar refractivity (Wildman–Crippen MR) is 109 cm³/mol.